The molecule has 0 aliphatic carbocycles. The van der Waals surface area contributed by atoms with Crippen LogP contribution < -0.4 is 9.47 Å². The van der Waals surface area contributed by atoms with E-state index < -0.39 is 66.9 Å². The van der Waals surface area contributed by atoms with Crippen molar-refractivity contribution in [2.45, 2.75) is 84.8 Å². The molecule has 3 rings (SSSR count). The maximum atomic E-state index is 13.0. The molecule has 0 aromatic heterocycles. The smallest absolute Gasteiger partial charge is 0.303 e. The molecule has 0 bridgehead atoms. The van der Waals surface area contributed by atoms with Gasteiger partial charge in [0.2, 0.25) is 12.4 Å². The van der Waals surface area contributed by atoms with Gasteiger partial charge in [0, 0.05) is 40.2 Å². The number of phenols is 1. The fourth-order valence-corrected chi connectivity index (χ4v) is 4.48. The van der Waals surface area contributed by atoms with Crippen molar-refractivity contribution in [3.05, 3.63) is 53.6 Å². The largest absolute Gasteiger partial charge is 0.507 e. The first-order valence-electron chi connectivity index (χ1n) is 13.8. The molecule has 1 fully saturated rings. The van der Waals surface area contributed by atoms with E-state index in [9.17, 15) is 29.1 Å². The number of esters is 4. The minimum atomic E-state index is -1.50. The van der Waals surface area contributed by atoms with Crippen LogP contribution in [0.25, 0.3) is 0 Å². The number of hydrogen-bond acceptors (Lipinski definition) is 13. The number of benzene rings is 2. The van der Waals surface area contributed by atoms with Crippen LogP contribution in [0.1, 0.15) is 57.5 Å². The van der Waals surface area contributed by atoms with Gasteiger partial charge in [-0.15, -0.1) is 0 Å². The molecule has 0 radical (unpaired) electrons. The number of carbonyl (C=O) groups excluding carboxylic acids is 5. The van der Waals surface area contributed by atoms with Gasteiger partial charge in [-0.3, -0.25) is 24.0 Å². The Morgan fingerprint density at radius 2 is 1.34 bits per heavy atom. The molecule has 1 aliphatic heterocycles. The predicted molar refractivity (Wildman–Crippen MR) is 151 cm³/mol. The third-order valence-corrected chi connectivity index (χ3v) is 6.13. The molecule has 1 aliphatic rings. The van der Waals surface area contributed by atoms with Gasteiger partial charge in [0.15, 0.2) is 18.0 Å². The number of Topliss-reactive ketones (excluding diaryl/α,β-unsaturated/α-hetero) is 1. The monoisotopic (exact) mass is 616 g/mol. The highest BCUT2D eigenvalue weighted by atomic mass is 16.7. The van der Waals surface area contributed by atoms with E-state index >= 15 is 0 Å². The molecule has 13 heteroatoms. The van der Waals surface area contributed by atoms with Gasteiger partial charge in [-0.2, -0.15) is 0 Å². The third-order valence-electron chi connectivity index (χ3n) is 6.13. The quantitative estimate of drug-likeness (QED) is 0.210. The van der Waals surface area contributed by atoms with Gasteiger partial charge in [0.05, 0.1) is 11.7 Å². The highest BCUT2D eigenvalue weighted by Crippen LogP contribution is 2.33. The third kappa shape index (κ3) is 9.69. The van der Waals surface area contributed by atoms with E-state index in [2.05, 4.69) is 0 Å². The highest BCUT2D eigenvalue weighted by Gasteiger charge is 2.53. The molecule has 238 valence electrons. The van der Waals surface area contributed by atoms with E-state index in [4.69, 9.17) is 33.2 Å². The summed E-state index contributed by atoms with van der Waals surface area (Å²) < 4.78 is 38.6. The van der Waals surface area contributed by atoms with Gasteiger partial charge in [-0.1, -0.05) is 12.1 Å². The predicted octanol–water partition coefficient (Wildman–Crippen LogP) is 3.07. The summed E-state index contributed by atoms with van der Waals surface area (Å²) in [6.07, 6.45) is -6.92. The van der Waals surface area contributed by atoms with Crippen molar-refractivity contribution in [3.63, 3.8) is 0 Å². The van der Waals surface area contributed by atoms with E-state index in [0.717, 1.165) is 27.7 Å². The second-order valence-corrected chi connectivity index (χ2v) is 10.3. The molecule has 2 aromatic carbocycles. The number of ether oxygens (including phenoxy) is 7. The summed E-state index contributed by atoms with van der Waals surface area (Å²) >= 11 is 0. The minimum absolute atomic E-state index is 0.00450. The first-order chi connectivity index (χ1) is 20.7. The number of phenolic OH excluding ortho intramolecular Hbond substituents is 1. The normalized spacial score (nSPS) is 21.1. The van der Waals surface area contributed by atoms with Crippen molar-refractivity contribution in [1.29, 1.82) is 0 Å². The lowest BCUT2D eigenvalue weighted by Crippen LogP contribution is -2.63. The van der Waals surface area contributed by atoms with Gasteiger partial charge in [-0.05, 0) is 43.7 Å². The second kappa shape index (κ2) is 15.2. The van der Waals surface area contributed by atoms with E-state index in [1.807, 2.05) is 13.8 Å². The Kier molecular flexibility index (Phi) is 11.7. The van der Waals surface area contributed by atoms with E-state index in [1.165, 1.54) is 18.2 Å². The van der Waals surface area contributed by atoms with Crippen LogP contribution in [0.15, 0.2) is 42.5 Å². The SMILES string of the molecule is CC(=O)OC[C@@H]1O[C@H](Oc2ccc(C(=O)Cc3ccc(OC(C)C)cc3)c(O)c2)[C@@H](OC(C)=O)[C@@H](OC(C)=O)[C@@H]1OC(C)=O. The number of hydrogen-bond donors (Lipinski definition) is 1. The van der Waals surface area contributed by atoms with E-state index in [-0.39, 0.29) is 29.6 Å². The van der Waals surface area contributed by atoms with Crippen LogP contribution in [0, 0.1) is 0 Å². The van der Waals surface area contributed by atoms with Crippen molar-refractivity contribution < 1.29 is 62.2 Å². The van der Waals surface area contributed by atoms with Crippen molar-refractivity contribution in [3.8, 4) is 17.2 Å². The molecule has 5 atom stereocenters. The van der Waals surface area contributed by atoms with Gasteiger partial charge in [0.25, 0.3) is 0 Å². The van der Waals surface area contributed by atoms with Crippen LogP contribution in [0.3, 0.4) is 0 Å². The molecule has 1 N–H and O–H groups in total. The molecule has 0 amide bonds. The maximum Gasteiger partial charge on any atom is 0.303 e. The molecule has 1 saturated heterocycles. The fraction of sp³-hybridized carbons (Fsp3) is 0.452. The molecule has 2 aromatic rings. The van der Waals surface area contributed by atoms with Crippen molar-refractivity contribution in [2.75, 3.05) is 6.61 Å². The fourth-order valence-electron chi connectivity index (χ4n) is 4.48. The zero-order chi connectivity index (χ0) is 32.6. The summed E-state index contributed by atoms with van der Waals surface area (Å²) in [6, 6.07) is 10.9. The number of carbonyl (C=O) groups is 5. The molecule has 0 spiro atoms. The van der Waals surface area contributed by atoms with Gasteiger partial charge in [0.1, 0.15) is 30.0 Å². The Bertz CT molecular complexity index is 1350. The topological polar surface area (TPSA) is 170 Å². The number of ketones is 1. The average molecular weight is 617 g/mol. The lowest BCUT2D eigenvalue weighted by molar-refractivity contribution is -0.288. The lowest BCUT2D eigenvalue weighted by Gasteiger charge is -2.43. The Balaban J connectivity index is 1.86. The zero-order valence-corrected chi connectivity index (χ0v) is 25.3. The van der Waals surface area contributed by atoms with Crippen LogP contribution in [0.5, 0.6) is 17.2 Å². The Morgan fingerprint density at radius 1 is 0.773 bits per heavy atom. The molecule has 13 nitrogen and oxygen atoms in total. The van der Waals surface area contributed by atoms with Crippen LogP contribution in [-0.4, -0.2) is 78.2 Å². The summed E-state index contributed by atoms with van der Waals surface area (Å²) in [5, 5.41) is 10.7. The second-order valence-electron chi connectivity index (χ2n) is 10.3. The maximum absolute atomic E-state index is 13.0. The lowest BCUT2D eigenvalue weighted by atomic mass is 9.98. The van der Waals surface area contributed by atoms with Crippen LogP contribution in [0.2, 0.25) is 0 Å². The van der Waals surface area contributed by atoms with Crippen molar-refractivity contribution in [1.82, 2.24) is 0 Å². The zero-order valence-electron chi connectivity index (χ0n) is 25.3. The molecular weight excluding hydrogens is 580 g/mol. The summed E-state index contributed by atoms with van der Waals surface area (Å²) in [7, 11) is 0. The Hall–Kier alpha value is -4.65. The molecular formula is C31H36O13. The number of rotatable bonds is 12. The van der Waals surface area contributed by atoms with Gasteiger partial charge >= 0.3 is 23.9 Å². The van der Waals surface area contributed by atoms with Gasteiger partial charge < -0.3 is 38.3 Å². The average Bonchev–Trinajstić information content (AvgIpc) is 2.91. The van der Waals surface area contributed by atoms with Crippen LogP contribution >= 0.6 is 0 Å². The molecule has 44 heavy (non-hydrogen) atoms. The van der Waals surface area contributed by atoms with E-state index in [1.54, 1.807) is 24.3 Å². The van der Waals surface area contributed by atoms with Crippen LogP contribution in [-0.2, 0) is 49.3 Å². The Morgan fingerprint density at radius 3 is 1.89 bits per heavy atom. The summed E-state index contributed by atoms with van der Waals surface area (Å²) in [5.74, 6) is -3.11. The number of aromatic hydroxyl groups is 1. The summed E-state index contributed by atoms with van der Waals surface area (Å²) in [6.45, 7) is 7.85. The molecule has 0 saturated carbocycles. The van der Waals surface area contributed by atoms with Crippen LogP contribution in [0.4, 0.5) is 0 Å². The summed E-state index contributed by atoms with van der Waals surface area (Å²) in [5.41, 5.74) is 0.740. The van der Waals surface area contributed by atoms with Crippen molar-refractivity contribution in [2.24, 2.45) is 0 Å². The standard InChI is InChI=1S/C31H36O13/c1-16(2)39-22-9-7-21(8-10-22)13-25(36)24-12-11-23(14-26(24)37)43-31-30(42-20(6)35)29(41-19(5)34)28(40-18(4)33)27(44-31)15-38-17(3)32/h7-12,14,16,27-31,37H,13,15H2,1-6H3/t27-,28+,29-,30-,31-/m0/s1. The van der Waals surface area contributed by atoms with E-state index in [0.29, 0.717) is 11.3 Å². The molecule has 0 unspecified atom stereocenters. The summed E-state index contributed by atoms with van der Waals surface area (Å²) in [4.78, 5) is 60.4. The first-order valence-corrected chi connectivity index (χ1v) is 13.8. The minimum Gasteiger partial charge on any atom is -0.507 e. The first kappa shape index (κ1) is 33.8. The highest BCUT2D eigenvalue weighted by molar-refractivity contribution is 6.00. The molecule has 1 heterocycles. The van der Waals surface area contributed by atoms with Gasteiger partial charge in [-0.25, -0.2) is 0 Å². The Labute approximate surface area is 254 Å². The van der Waals surface area contributed by atoms with Crippen molar-refractivity contribution >= 4 is 29.7 Å².